The number of hydrogen-bond acceptors (Lipinski definition) is 4. The van der Waals surface area contributed by atoms with Crippen LogP contribution in [0.5, 0.6) is 0 Å². The van der Waals surface area contributed by atoms with Gasteiger partial charge < -0.3 is 10.2 Å². The largest absolute Gasteiger partial charge is 0.503 e. The highest BCUT2D eigenvalue weighted by Crippen LogP contribution is 2.19. The lowest BCUT2D eigenvalue weighted by Gasteiger charge is -2.04. The van der Waals surface area contributed by atoms with Crippen molar-refractivity contribution in [2.75, 3.05) is 0 Å². The maximum Gasteiger partial charge on any atom is 0.186 e. The molecular weight excluding hydrogens is 228 g/mol. The lowest BCUT2D eigenvalue weighted by molar-refractivity contribution is 0.455. The van der Waals surface area contributed by atoms with Crippen molar-refractivity contribution in [2.45, 2.75) is 13.8 Å². The second-order valence-corrected chi connectivity index (χ2v) is 4.14. The zero-order chi connectivity index (χ0) is 13.1. The lowest BCUT2D eigenvalue weighted by Crippen LogP contribution is -1.96. The highest BCUT2D eigenvalue weighted by molar-refractivity contribution is 5.79. The third-order valence-corrected chi connectivity index (χ3v) is 2.53. The SMILES string of the molecule is Cc1ccc(/C(O)=C(\O)c2ccc(C)cn2)nc1. The highest BCUT2D eigenvalue weighted by Gasteiger charge is 2.11. The number of aliphatic hydroxyl groups is 2. The third-order valence-electron chi connectivity index (χ3n) is 2.53. The molecule has 0 saturated heterocycles. The van der Waals surface area contributed by atoms with Gasteiger partial charge in [0.05, 0.1) is 0 Å². The van der Waals surface area contributed by atoms with Crippen molar-refractivity contribution < 1.29 is 10.2 Å². The van der Waals surface area contributed by atoms with E-state index in [-0.39, 0.29) is 11.5 Å². The van der Waals surface area contributed by atoms with Crippen molar-refractivity contribution in [1.29, 1.82) is 0 Å². The van der Waals surface area contributed by atoms with Crippen LogP contribution in [0.3, 0.4) is 0 Å². The van der Waals surface area contributed by atoms with Crippen LogP contribution in [0.2, 0.25) is 0 Å². The molecule has 2 heterocycles. The van der Waals surface area contributed by atoms with E-state index < -0.39 is 0 Å². The summed E-state index contributed by atoms with van der Waals surface area (Å²) < 4.78 is 0. The summed E-state index contributed by atoms with van der Waals surface area (Å²) in [4.78, 5) is 8.09. The van der Waals surface area contributed by atoms with Crippen molar-refractivity contribution >= 4 is 11.5 Å². The van der Waals surface area contributed by atoms with Gasteiger partial charge in [-0.2, -0.15) is 0 Å². The number of hydrogen-bond donors (Lipinski definition) is 2. The maximum absolute atomic E-state index is 9.93. The number of aromatic nitrogens is 2. The molecule has 0 atom stereocenters. The van der Waals surface area contributed by atoms with Crippen molar-refractivity contribution in [3.8, 4) is 0 Å². The molecule has 2 aromatic heterocycles. The fourth-order valence-electron chi connectivity index (χ4n) is 1.46. The van der Waals surface area contributed by atoms with Gasteiger partial charge in [0.15, 0.2) is 11.5 Å². The van der Waals surface area contributed by atoms with E-state index in [0.717, 1.165) is 11.1 Å². The Morgan fingerprint density at radius 1 is 0.778 bits per heavy atom. The molecule has 0 aliphatic rings. The Hall–Kier alpha value is -2.36. The van der Waals surface area contributed by atoms with Gasteiger partial charge in [-0.25, -0.2) is 0 Å². The van der Waals surface area contributed by atoms with Gasteiger partial charge in [-0.3, -0.25) is 9.97 Å². The summed E-state index contributed by atoms with van der Waals surface area (Å²) in [5.41, 5.74) is 2.61. The average Bonchev–Trinajstić information content (AvgIpc) is 2.39. The van der Waals surface area contributed by atoms with Gasteiger partial charge in [0.1, 0.15) is 11.4 Å². The first-order chi connectivity index (χ1) is 8.58. The minimum Gasteiger partial charge on any atom is -0.503 e. The predicted octanol–water partition coefficient (Wildman–Crippen LogP) is 3.04. The standard InChI is InChI=1S/C14H14N2O2/c1-9-3-5-11(15-7-9)13(17)14(18)12-6-4-10(2)8-16-12/h3-8,17-18H,1-2H3/b14-13+. The molecule has 0 aromatic carbocycles. The Bertz CT molecular complexity index is 518. The molecule has 0 aliphatic carbocycles. The Labute approximate surface area is 105 Å². The molecule has 0 amide bonds. The quantitative estimate of drug-likeness (QED) is 0.794. The van der Waals surface area contributed by atoms with E-state index in [1.165, 1.54) is 0 Å². The number of nitrogens with zero attached hydrogens (tertiary/aromatic N) is 2. The van der Waals surface area contributed by atoms with Crippen LogP contribution in [0.4, 0.5) is 0 Å². The van der Waals surface area contributed by atoms with E-state index in [1.807, 2.05) is 26.0 Å². The minimum absolute atomic E-state index is 0.272. The van der Waals surface area contributed by atoms with Crippen LogP contribution in [0.15, 0.2) is 36.7 Å². The van der Waals surface area contributed by atoms with E-state index in [0.29, 0.717) is 11.4 Å². The molecule has 0 saturated carbocycles. The van der Waals surface area contributed by atoms with Crippen LogP contribution in [-0.4, -0.2) is 20.2 Å². The van der Waals surface area contributed by atoms with E-state index >= 15 is 0 Å². The number of pyridine rings is 2. The molecule has 0 unspecified atom stereocenters. The number of rotatable bonds is 2. The van der Waals surface area contributed by atoms with Crippen LogP contribution in [0, 0.1) is 13.8 Å². The van der Waals surface area contributed by atoms with Gasteiger partial charge in [0.25, 0.3) is 0 Å². The first-order valence-corrected chi connectivity index (χ1v) is 5.56. The Balaban J connectivity index is 2.40. The molecule has 0 radical (unpaired) electrons. The summed E-state index contributed by atoms with van der Waals surface area (Å²) >= 11 is 0. The molecule has 4 heteroatoms. The molecule has 2 aromatic rings. The van der Waals surface area contributed by atoms with Crippen LogP contribution in [0.1, 0.15) is 22.5 Å². The normalized spacial score (nSPS) is 12.1. The Morgan fingerprint density at radius 2 is 1.17 bits per heavy atom. The second kappa shape index (κ2) is 4.87. The molecule has 2 N–H and O–H groups in total. The van der Waals surface area contributed by atoms with Crippen LogP contribution < -0.4 is 0 Å². The van der Waals surface area contributed by atoms with Crippen LogP contribution in [0.25, 0.3) is 11.5 Å². The molecule has 92 valence electrons. The van der Waals surface area contributed by atoms with Gasteiger partial charge in [0.2, 0.25) is 0 Å². The first kappa shape index (κ1) is 12.1. The molecule has 0 spiro atoms. The fourth-order valence-corrected chi connectivity index (χ4v) is 1.46. The predicted molar refractivity (Wildman–Crippen MR) is 70.0 cm³/mol. The second-order valence-electron chi connectivity index (χ2n) is 4.14. The van der Waals surface area contributed by atoms with Gasteiger partial charge >= 0.3 is 0 Å². The molecule has 0 aliphatic heterocycles. The monoisotopic (exact) mass is 242 g/mol. The summed E-state index contributed by atoms with van der Waals surface area (Å²) in [5, 5.41) is 19.9. The van der Waals surface area contributed by atoms with E-state index in [2.05, 4.69) is 9.97 Å². The van der Waals surface area contributed by atoms with Crippen molar-refractivity contribution in [3.63, 3.8) is 0 Å². The topological polar surface area (TPSA) is 66.2 Å². The van der Waals surface area contributed by atoms with Crippen molar-refractivity contribution in [1.82, 2.24) is 9.97 Å². The Kier molecular flexibility index (Phi) is 3.28. The molecule has 0 fully saturated rings. The summed E-state index contributed by atoms with van der Waals surface area (Å²) in [7, 11) is 0. The van der Waals surface area contributed by atoms with E-state index in [4.69, 9.17) is 0 Å². The van der Waals surface area contributed by atoms with Crippen LogP contribution >= 0.6 is 0 Å². The maximum atomic E-state index is 9.93. The zero-order valence-corrected chi connectivity index (χ0v) is 10.3. The summed E-state index contributed by atoms with van der Waals surface area (Å²) in [6.07, 6.45) is 3.25. The van der Waals surface area contributed by atoms with Crippen molar-refractivity contribution in [3.05, 3.63) is 59.2 Å². The molecule has 2 rings (SSSR count). The number of aliphatic hydroxyl groups excluding tert-OH is 2. The van der Waals surface area contributed by atoms with Crippen molar-refractivity contribution in [2.24, 2.45) is 0 Å². The Morgan fingerprint density at radius 3 is 1.44 bits per heavy atom. The minimum atomic E-state index is -0.272. The highest BCUT2D eigenvalue weighted by atomic mass is 16.3. The van der Waals surface area contributed by atoms with Gasteiger partial charge in [-0.15, -0.1) is 0 Å². The van der Waals surface area contributed by atoms with E-state index in [9.17, 15) is 10.2 Å². The third kappa shape index (κ3) is 2.48. The molecular formula is C14H14N2O2. The summed E-state index contributed by atoms with van der Waals surface area (Å²) in [6, 6.07) is 6.92. The summed E-state index contributed by atoms with van der Waals surface area (Å²) in [5.74, 6) is -0.544. The smallest absolute Gasteiger partial charge is 0.186 e. The summed E-state index contributed by atoms with van der Waals surface area (Å²) in [6.45, 7) is 3.80. The fraction of sp³-hybridized carbons (Fsp3) is 0.143. The first-order valence-electron chi connectivity index (χ1n) is 5.56. The zero-order valence-electron chi connectivity index (χ0n) is 10.3. The van der Waals surface area contributed by atoms with Crippen LogP contribution in [-0.2, 0) is 0 Å². The number of aryl methyl sites for hydroxylation is 2. The molecule has 0 bridgehead atoms. The van der Waals surface area contributed by atoms with E-state index in [1.54, 1.807) is 24.5 Å². The molecule has 4 nitrogen and oxygen atoms in total. The van der Waals surface area contributed by atoms with Gasteiger partial charge in [0, 0.05) is 12.4 Å². The van der Waals surface area contributed by atoms with Gasteiger partial charge in [-0.05, 0) is 37.1 Å². The van der Waals surface area contributed by atoms with Gasteiger partial charge in [-0.1, -0.05) is 12.1 Å². The average molecular weight is 242 g/mol. The lowest BCUT2D eigenvalue weighted by atomic mass is 10.2. The molecule has 18 heavy (non-hydrogen) atoms.